The maximum absolute atomic E-state index is 11.9. The Bertz CT molecular complexity index is 1270. The maximum atomic E-state index is 11.9. The van der Waals surface area contributed by atoms with Crippen LogP contribution < -0.4 is 21.7 Å². The highest BCUT2D eigenvalue weighted by Gasteiger charge is 2.26. The van der Waals surface area contributed by atoms with Gasteiger partial charge in [0.05, 0.1) is 12.6 Å². The van der Waals surface area contributed by atoms with E-state index in [2.05, 4.69) is 31.0 Å². The summed E-state index contributed by atoms with van der Waals surface area (Å²) < 4.78 is 1.59. The second kappa shape index (κ2) is 7.76. The molecule has 0 spiro atoms. The van der Waals surface area contributed by atoms with Crippen molar-refractivity contribution in [2.45, 2.75) is 31.8 Å². The van der Waals surface area contributed by atoms with E-state index in [0.29, 0.717) is 46.8 Å². The number of carbonyl (C=O) groups is 3. The number of hydrogen-bond acceptors (Lipinski definition) is 8. The van der Waals surface area contributed by atoms with Crippen molar-refractivity contribution in [2.75, 3.05) is 10.6 Å². The number of rotatable bonds is 7. The number of fused-ring (bicyclic) bond motifs is 1. The van der Waals surface area contributed by atoms with E-state index in [1.54, 1.807) is 41.1 Å². The number of aromatic nitrogens is 4. The van der Waals surface area contributed by atoms with E-state index in [4.69, 9.17) is 5.73 Å². The third-order valence-electron chi connectivity index (χ3n) is 5.22. The van der Waals surface area contributed by atoms with E-state index in [0.717, 1.165) is 18.4 Å². The van der Waals surface area contributed by atoms with Crippen molar-refractivity contribution in [3.63, 3.8) is 0 Å². The van der Waals surface area contributed by atoms with Gasteiger partial charge in [0.15, 0.2) is 5.65 Å². The molecule has 2 aliphatic rings. The number of primary amides is 1. The van der Waals surface area contributed by atoms with Gasteiger partial charge in [-0.15, -0.1) is 0 Å². The average Bonchev–Trinajstić information content (AvgIpc) is 3.41. The second-order valence-corrected chi connectivity index (χ2v) is 7.76. The van der Waals surface area contributed by atoms with Gasteiger partial charge in [-0.25, -0.2) is 0 Å². The van der Waals surface area contributed by atoms with E-state index < -0.39 is 11.8 Å². The summed E-state index contributed by atoms with van der Waals surface area (Å²) in [6.45, 7) is 0.430. The van der Waals surface area contributed by atoms with Crippen LogP contribution in [-0.2, 0) is 16.1 Å². The van der Waals surface area contributed by atoms with Crippen molar-refractivity contribution in [3.05, 3.63) is 52.7 Å². The second-order valence-electron chi connectivity index (χ2n) is 7.76. The van der Waals surface area contributed by atoms with Gasteiger partial charge in [-0.3, -0.25) is 19.7 Å². The smallest absolute Gasteiger partial charge is 0.254 e. The molecule has 0 bridgehead atoms. The minimum absolute atomic E-state index is 0.0286. The highest BCUT2D eigenvalue weighted by molar-refractivity contribution is 6.15. The molecule has 5 N–H and O–H groups in total. The largest absolute Gasteiger partial charge is 0.366 e. The molecule has 3 heterocycles. The zero-order valence-electron chi connectivity index (χ0n) is 17.0. The number of amides is 3. The predicted molar refractivity (Wildman–Crippen MR) is 115 cm³/mol. The quantitative estimate of drug-likeness (QED) is 0.316. The zero-order chi connectivity index (χ0) is 22.2. The molecule has 11 nitrogen and oxygen atoms in total. The van der Waals surface area contributed by atoms with E-state index in [1.165, 1.54) is 0 Å². The van der Waals surface area contributed by atoms with Crippen LogP contribution in [0.15, 0.2) is 36.0 Å². The number of imide groups is 1. The predicted octanol–water partition coefficient (Wildman–Crippen LogP) is 0.839. The Balaban J connectivity index is 1.45. The van der Waals surface area contributed by atoms with Gasteiger partial charge in [-0.2, -0.15) is 19.6 Å². The Labute approximate surface area is 182 Å². The van der Waals surface area contributed by atoms with Crippen LogP contribution in [0.4, 0.5) is 11.9 Å². The summed E-state index contributed by atoms with van der Waals surface area (Å²) in [5, 5.41) is 13.2. The zero-order valence-corrected chi connectivity index (χ0v) is 17.0. The summed E-state index contributed by atoms with van der Waals surface area (Å²) in [4.78, 5) is 43.8. The summed E-state index contributed by atoms with van der Waals surface area (Å²) in [6.07, 6.45) is 5.36. The molecule has 1 aliphatic heterocycles. The lowest BCUT2D eigenvalue weighted by atomic mass is 10.1. The molecule has 1 aliphatic carbocycles. The van der Waals surface area contributed by atoms with Crippen LogP contribution in [0, 0.1) is 0 Å². The fourth-order valence-corrected chi connectivity index (χ4v) is 3.36. The number of anilines is 2. The topological polar surface area (TPSA) is 156 Å². The van der Waals surface area contributed by atoms with Gasteiger partial charge in [-0.05, 0) is 36.6 Å². The van der Waals surface area contributed by atoms with Crippen LogP contribution in [0.1, 0.15) is 40.7 Å². The van der Waals surface area contributed by atoms with E-state index >= 15 is 0 Å². The molecule has 1 saturated carbocycles. The lowest BCUT2D eigenvalue weighted by molar-refractivity contribution is -0.124. The number of nitrogens with zero attached hydrogens (tertiary/aromatic N) is 4. The minimum Gasteiger partial charge on any atom is -0.366 e. The molecule has 32 heavy (non-hydrogen) atoms. The Morgan fingerprint density at radius 3 is 2.66 bits per heavy atom. The van der Waals surface area contributed by atoms with Crippen molar-refractivity contribution in [1.29, 1.82) is 0 Å². The molecule has 11 heteroatoms. The molecule has 3 aromatic rings. The molecule has 3 amide bonds. The third-order valence-corrected chi connectivity index (χ3v) is 5.22. The molecule has 162 valence electrons. The van der Waals surface area contributed by atoms with Crippen LogP contribution in [-0.4, -0.2) is 43.3 Å². The van der Waals surface area contributed by atoms with Gasteiger partial charge in [0.2, 0.25) is 23.7 Å². The van der Waals surface area contributed by atoms with Crippen molar-refractivity contribution < 1.29 is 14.4 Å². The summed E-state index contributed by atoms with van der Waals surface area (Å²) in [5.41, 5.74) is 8.13. The van der Waals surface area contributed by atoms with Gasteiger partial charge < -0.3 is 16.4 Å². The van der Waals surface area contributed by atoms with Gasteiger partial charge in [0.25, 0.3) is 5.91 Å². The van der Waals surface area contributed by atoms with E-state index in [9.17, 15) is 14.4 Å². The average molecular weight is 432 g/mol. The number of nitrogens with one attached hydrogen (secondary N) is 3. The van der Waals surface area contributed by atoms with Crippen LogP contribution in [0.3, 0.4) is 0 Å². The van der Waals surface area contributed by atoms with Crippen LogP contribution >= 0.6 is 0 Å². The molecule has 0 radical (unpaired) electrons. The van der Waals surface area contributed by atoms with Gasteiger partial charge in [-0.1, -0.05) is 12.1 Å². The Morgan fingerprint density at radius 1 is 1.22 bits per heavy atom. The first-order chi connectivity index (χ1) is 15.5. The molecule has 0 atom stereocenters. The third kappa shape index (κ3) is 4.00. The number of nitrogens with two attached hydrogens (primary N) is 1. The van der Waals surface area contributed by atoms with Crippen molar-refractivity contribution in [1.82, 2.24) is 24.9 Å². The lowest BCUT2D eigenvalue weighted by Gasteiger charge is -2.10. The number of hydrogen-bond donors (Lipinski definition) is 4. The molecule has 2 aromatic heterocycles. The highest BCUT2D eigenvalue weighted by Crippen LogP contribution is 2.26. The number of carbonyl (C=O) groups excluding carboxylic acids is 3. The Kier molecular flexibility index (Phi) is 4.77. The molecule has 1 saturated heterocycles. The molecule has 2 fully saturated rings. The molecule has 1 aromatic carbocycles. The van der Waals surface area contributed by atoms with Gasteiger partial charge in [0, 0.05) is 29.3 Å². The molecular formula is C21H20N8O3. The van der Waals surface area contributed by atoms with Crippen LogP contribution in [0.5, 0.6) is 0 Å². The molecular weight excluding hydrogens is 412 g/mol. The highest BCUT2D eigenvalue weighted by atomic mass is 16.2. The van der Waals surface area contributed by atoms with E-state index in [-0.39, 0.29) is 12.3 Å². The fraction of sp³-hybridized carbons (Fsp3) is 0.238. The minimum atomic E-state index is -0.478. The van der Waals surface area contributed by atoms with Gasteiger partial charge in [0.1, 0.15) is 0 Å². The summed E-state index contributed by atoms with van der Waals surface area (Å²) in [5.74, 6) is -0.285. The van der Waals surface area contributed by atoms with Crippen molar-refractivity contribution in [3.8, 4) is 0 Å². The first kappa shape index (κ1) is 19.7. The summed E-state index contributed by atoms with van der Waals surface area (Å²) in [6, 6.07) is 7.28. The van der Waals surface area contributed by atoms with E-state index in [1.807, 2.05) is 0 Å². The first-order valence-corrected chi connectivity index (χ1v) is 10.2. The standard InChI is InChI=1S/C21H20N8O3/c22-17(31)12-3-1-11(2-4-12)9-23-20-27-18-14(7-13-8-16(30)26-19(13)32)10-24-29(18)21(28-20)25-15-5-6-15/h1-4,7,10,15H,5-6,8-9H2,(H2,22,31)(H,26,30,32)(H2,23,25,27,28)/b13-7+. The van der Waals surface area contributed by atoms with Crippen LogP contribution in [0.2, 0.25) is 0 Å². The fourth-order valence-electron chi connectivity index (χ4n) is 3.36. The monoisotopic (exact) mass is 432 g/mol. The summed E-state index contributed by atoms with van der Waals surface area (Å²) >= 11 is 0. The Hall–Kier alpha value is -4.28. The maximum Gasteiger partial charge on any atom is 0.254 e. The first-order valence-electron chi connectivity index (χ1n) is 10.2. The van der Waals surface area contributed by atoms with Crippen LogP contribution in [0.25, 0.3) is 11.7 Å². The Morgan fingerprint density at radius 2 is 2.00 bits per heavy atom. The summed E-state index contributed by atoms with van der Waals surface area (Å²) in [7, 11) is 0. The SMILES string of the molecule is NC(=O)c1ccc(CNc2nc(NC3CC3)n3ncc(/C=C4\CC(=O)NC4=O)c3n2)cc1. The van der Waals surface area contributed by atoms with Crippen molar-refractivity contribution >= 4 is 41.3 Å². The molecule has 5 rings (SSSR count). The van der Waals surface area contributed by atoms with Gasteiger partial charge >= 0.3 is 0 Å². The normalized spacial score (nSPS) is 17.1. The molecule has 0 unspecified atom stereocenters. The number of benzene rings is 1. The lowest BCUT2D eigenvalue weighted by Crippen LogP contribution is -2.19. The van der Waals surface area contributed by atoms with Crippen molar-refractivity contribution in [2.24, 2.45) is 5.73 Å².